The monoisotopic (exact) mass is 322 g/mol. The van der Waals surface area contributed by atoms with Gasteiger partial charge in [-0.3, -0.25) is 10.2 Å². The van der Waals surface area contributed by atoms with Crippen molar-refractivity contribution in [1.82, 2.24) is 10.2 Å². The average molecular weight is 322 g/mol. The van der Waals surface area contributed by atoms with Crippen LogP contribution in [0, 0.1) is 0 Å². The highest BCUT2D eigenvalue weighted by molar-refractivity contribution is 5.55. The van der Waals surface area contributed by atoms with E-state index < -0.39 is 0 Å². The summed E-state index contributed by atoms with van der Waals surface area (Å²) < 4.78 is 10.8. The zero-order valence-corrected chi connectivity index (χ0v) is 13.5. The highest BCUT2D eigenvalue weighted by Gasteiger charge is 2.37. The number of nitrogens with zero attached hydrogens (tertiary/aromatic N) is 1. The summed E-state index contributed by atoms with van der Waals surface area (Å²) in [4.78, 5) is 13.3. The molecule has 3 rings (SSSR count). The van der Waals surface area contributed by atoms with Gasteiger partial charge in [0.15, 0.2) is 5.94 Å². The molecule has 1 N–H and O–H groups in total. The Bertz CT molecular complexity index is 741. The van der Waals surface area contributed by atoms with Gasteiger partial charge < -0.3 is 9.47 Å². The molecule has 2 aromatic rings. The van der Waals surface area contributed by atoms with Crippen molar-refractivity contribution in [2.75, 3.05) is 14.2 Å². The third kappa shape index (κ3) is 2.73. The molecule has 0 atom stereocenters. The molecule has 2 aromatic carbocycles. The summed E-state index contributed by atoms with van der Waals surface area (Å²) in [7, 11) is 3.07. The summed E-state index contributed by atoms with van der Waals surface area (Å²) >= 11 is 0. The van der Waals surface area contributed by atoms with E-state index in [2.05, 4.69) is 5.32 Å². The number of hydrogen-bond acceptors (Lipinski definition) is 5. The molecule has 122 valence electrons. The topological polar surface area (TPSA) is 50.8 Å². The first-order valence-corrected chi connectivity index (χ1v) is 7.53. The van der Waals surface area contributed by atoms with Crippen molar-refractivity contribution in [3.05, 3.63) is 89.4 Å². The van der Waals surface area contributed by atoms with E-state index >= 15 is 0 Å². The molecule has 1 heterocycles. The lowest BCUT2D eigenvalue weighted by atomic mass is 9.97. The van der Waals surface area contributed by atoms with E-state index in [9.17, 15) is 4.79 Å². The van der Waals surface area contributed by atoms with Crippen molar-refractivity contribution in [1.29, 1.82) is 0 Å². The minimum absolute atomic E-state index is 0.251. The van der Waals surface area contributed by atoms with Crippen LogP contribution in [0.4, 0.5) is 0 Å². The number of carbonyl (C=O) groups excluding carboxylic acids is 1. The van der Waals surface area contributed by atoms with Gasteiger partial charge in [-0.05, 0) is 11.1 Å². The Balaban J connectivity index is 2.18. The molecule has 24 heavy (non-hydrogen) atoms. The number of methoxy groups -OCH3 is 2. The van der Waals surface area contributed by atoms with Crippen molar-refractivity contribution < 1.29 is 14.3 Å². The Morgan fingerprint density at radius 2 is 1.46 bits per heavy atom. The summed E-state index contributed by atoms with van der Waals surface area (Å²) in [5.41, 5.74) is 2.04. The molecule has 0 unspecified atom stereocenters. The van der Waals surface area contributed by atoms with Gasteiger partial charge in [-0.1, -0.05) is 60.7 Å². The molecule has 0 bridgehead atoms. The fraction of sp³-hybridized carbons (Fsp3) is 0.158. The predicted octanol–water partition coefficient (Wildman–Crippen LogP) is 2.77. The first-order chi connectivity index (χ1) is 11.8. The average Bonchev–Trinajstić information content (AvgIpc) is 3.01. The zero-order valence-electron chi connectivity index (χ0n) is 13.5. The molecule has 1 aliphatic rings. The summed E-state index contributed by atoms with van der Waals surface area (Å²) in [6.07, 6.45) is 0. The quantitative estimate of drug-likeness (QED) is 0.858. The molecule has 5 nitrogen and oxygen atoms in total. The molecule has 0 amide bonds. The van der Waals surface area contributed by atoms with Crippen LogP contribution in [-0.4, -0.2) is 25.1 Å². The highest BCUT2D eigenvalue weighted by Crippen LogP contribution is 2.37. The summed E-state index contributed by atoms with van der Waals surface area (Å²) in [6, 6.07) is 19.6. The minimum atomic E-state index is -0.251. The standard InChI is InChI=1S/C19H18N2O3/c1-23-18-19(24-2)21(16(13-22)20-18)17(14-9-5-3-6-10-14)15-11-7-4-8-12-15/h3-12,17,20H,1-2H3. The largest absolute Gasteiger partial charge is 0.478 e. The molecule has 0 spiro atoms. The molecule has 0 radical (unpaired) electrons. The van der Waals surface area contributed by atoms with Crippen molar-refractivity contribution >= 4 is 5.94 Å². The van der Waals surface area contributed by atoms with Crippen LogP contribution in [0.15, 0.2) is 78.3 Å². The molecule has 0 aromatic heterocycles. The van der Waals surface area contributed by atoms with Gasteiger partial charge in [0.25, 0.3) is 11.8 Å². The third-order valence-electron chi connectivity index (χ3n) is 3.87. The highest BCUT2D eigenvalue weighted by atomic mass is 16.5. The lowest BCUT2D eigenvalue weighted by Crippen LogP contribution is -2.29. The van der Waals surface area contributed by atoms with Crippen LogP contribution in [0.3, 0.4) is 0 Å². The van der Waals surface area contributed by atoms with Gasteiger partial charge in [0.05, 0.1) is 20.3 Å². The second kappa shape index (κ2) is 6.94. The van der Waals surface area contributed by atoms with E-state index in [1.807, 2.05) is 66.6 Å². The molecule has 0 fully saturated rings. The predicted molar refractivity (Wildman–Crippen MR) is 90.0 cm³/mol. The van der Waals surface area contributed by atoms with Crippen LogP contribution in [0.5, 0.6) is 0 Å². The third-order valence-corrected chi connectivity index (χ3v) is 3.87. The zero-order chi connectivity index (χ0) is 16.9. The van der Waals surface area contributed by atoms with Gasteiger partial charge in [-0.25, -0.2) is 4.79 Å². The van der Waals surface area contributed by atoms with Gasteiger partial charge in [0.2, 0.25) is 5.82 Å². The van der Waals surface area contributed by atoms with Crippen LogP contribution >= 0.6 is 0 Å². The molecule has 0 aliphatic carbocycles. The first-order valence-electron chi connectivity index (χ1n) is 7.53. The van der Waals surface area contributed by atoms with E-state index in [4.69, 9.17) is 9.47 Å². The van der Waals surface area contributed by atoms with Crippen molar-refractivity contribution in [2.45, 2.75) is 6.04 Å². The van der Waals surface area contributed by atoms with Gasteiger partial charge in [-0.15, -0.1) is 0 Å². The van der Waals surface area contributed by atoms with Gasteiger partial charge in [-0.2, -0.15) is 0 Å². The smallest absolute Gasteiger partial charge is 0.258 e. The van der Waals surface area contributed by atoms with E-state index in [-0.39, 0.29) is 11.9 Å². The van der Waals surface area contributed by atoms with E-state index in [0.717, 1.165) is 11.1 Å². The number of ether oxygens (including phenoxy) is 2. The normalized spacial score (nSPS) is 13.8. The lowest BCUT2D eigenvalue weighted by Gasteiger charge is -2.30. The Kier molecular flexibility index (Phi) is 4.54. The fourth-order valence-electron chi connectivity index (χ4n) is 2.84. The van der Waals surface area contributed by atoms with Crippen LogP contribution in [0.25, 0.3) is 0 Å². The molecule has 0 saturated heterocycles. The van der Waals surface area contributed by atoms with Crippen molar-refractivity contribution in [3.8, 4) is 0 Å². The van der Waals surface area contributed by atoms with Crippen LogP contribution < -0.4 is 5.32 Å². The molecular formula is C19H18N2O3. The summed E-state index contributed by atoms with van der Waals surface area (Å²) in [5.74, 6) is 3.01. The van der Waals surface area contributed by atoms with E-state index in [0.29, 0.717) is 11.8 Å². The second-order valence-corrected chi connectivity index (χ2v) is 5.21. The van der Waals surface area contributed by atoms with Crippen molar-refractivity contribution in [2.24, 2.45) is 0 Å². The Morgan fingerprint density at radius 3 is 1.88 bits per heavy atom. The Labute approximate surface area is 140 Å². The Morgan fingerprint density at radius 1 is 0.917 bits per heavy atom. The van der Waals surface area contributed by atoms with Gasteiger partial charge in [0, 0.05) is 0 Å². The van der Waals surface area contributed by atoms with E-state index in [1.54, 1.807) is 12.0 Å². The number of hydrogen-bond donors (Lipinski definition) is 1. The van der Waals surface area contributed by atoms with Crippen LogP contribution in [0.2, 0.25) is 0 Å². The van der Waals surface area contributed by atoms with Gasteiger partial charge in [0.1, 0.15) is 0 Å². The van der Waals surface area contributed by atoms with Gasteiger partial charge >= 0.3 is 0 Å². The SMILES string of the molecule is COC1=C(OC)N(C(c2ccccc2)c2ccccc2)C(=C=O)N1. The first kappa shape index (κ1) is 15.7. The number of nitrogens with one attached hydrogen (secondary N) is 1. The maximum absolute atomic E-state index is 11.5. The Hall–Kier alpha value is -3.17. The fourth-order valence-corrected chi connectivity index (χ4v) is 2.84. The summed E-state index contributed by atoms with van der Waals surface area (Å²) in [5, 5.41) is 2.91. The van der Waals surface area contributed by atoms with Crippen molar-refractivity contribution in [3.63, 3.8) is 0 Å². The number of rotatable bonds is 5. The minimum Gasteiger partial charge on any atom is -0.478 e. The van der Waals surface area contributed by atoms with Crippen LogP contribution in [0.1, 0.15) is 17.2 Å². The molecule has 1 aliphatic heterocycles. The molecular weight excluding hydrogens is 304 g/mol. The van der Waals surface area contributed by atoms with Crippen LogP contribution in [-0.2, 0) is 14.3 Å². The summed E-state index contributed by atoms with van der Waals surface area (Å²) in [6.45, 7) is 0. The lowest BCUT2D eigenvalue weighted by molar-refractivity contribution is 0.148. The second-order valence-electron chi connectivity index (χ2n) is 5.21. The number of benzene rings is 2. The maximum Gasteiger partial charge on any atom is 0.258 e. The maximum atomic E-state index is 11.5. The molecule has 5 heteroatoms. The molecule has 0 saturated carbocycles. The van der Waals surface area contributed by atoms with E-state index in [1.165, 1.54) is 7.11 Å².